The summed E-state index contributed by atoms with van der Waals surface area (Å²) in [7, 11) is -18.9. The Hall–Kier alpha value is -7.09. The van der Waals surface area contributed by atoms with Crippen molar-refractivity contribution < 1.29 is 49.6 Å². The molecule has 0 aromatic carbocycles. The van der Waals surface area contributed by atoms with E-state index in [1.165, 1.54) is 0 Å². The Morgan fingerprint density at radius 2 is 0.225 bits per heavy atom. The molecule has 0 aliphatic heterocycles. The van der Waals surface area contributed by atoms with E-state index in [0.717, 1.165) is 89.4 Å². The van der Waals surface area contributed by atoms with Crippen molar-refractivity contribution in [2.75, 3.05) is 0 Å². The average molecular weight is 685 g/mol. The van der Waals surface area contributed by atoms with Crippen molar-refractivity contribution >= 4 is 0 Å². The van der Waals surface area contributed by atoms with Gasteiger partial charge in [-0.2, -0.15) is 0 Å². The Bertz CT molecular complexity index is 1410. The van der Waals surface area contributed by atoms with Crippen LogP contribution in [0.5, 0.6) is 0 Å². The number of rotatable bonds is 0. The van der Waals surface area contributed by atoms with Gasteiger partial charge in [0.05, 0.1) is 0 Å². The minimum atomic E-state index is -6.30. The molecule has 0 amide bonds. The van der Waals surface area contributed by atoms with Crippen LogP contribution in [-0.4, -0.2) is 0 Å². The van der Waals surface area contributed by atoms with Gasteiger partial charge < -0.3 is 0 Å². The third-order valence-corrected chi connectivity index (χ3v) is 15.7. The second kappa shape index (κ2) is 9.75. The molecule has 0 heterocycles. The average Bonchev–Trinajstić information content (AvgIpc) is 3.06. The fourth-order valence-corrected chi connectivity index (χ4v) is 3.51. The van der Waals surface area contributed by atoms with Crippen molar-refractivity contribution in [3.05, 3.63) is 0 Å². The van der Waals surface area contributed by atoms with E-state index in [4.69, 9.17) is 94.7 Å². The van der Waals surface area contributed by atoms with Gasteiger partial charge in [0.2, 0.25) is 0 Å². The quantitative estimate of drug-likeness (QED) is 0.309. The van der Waals surface area contributed by atoms with Gasteiger partial charge in [-0.25, -0.2) is 0 Å². The molecule has 0 atom stereocenters. The molecule has 0 unspecified atom stereocenters. The minimum Gasteiger partial charge on any atom is 3.00 e. The summed E-state index contributed by atoms with van der Waals surface area (Å²) < 4.78 is 0. The predicted molar refractivity (Wildman–Crippen MR) is 101 cm³/mol. The van der Waals surface area contributed by atoms with Gasteiger partial charge in [0.1, 0.15) is 0 Å². The van der Waals surface area contributed by atoms with E-state index in [0.29, 0.717) is 0 Å². The molecule has 189 valence electrons. The second-order valence-corrected chi connectivity index (χ2v) is 23.8. The van der Waals surface area contributed by atoms with Gasteiger partial charge in [-0.05, 0) is 0 Å². The van der Waals surface area contributed by atoms with E-state index in [-0.39, 0.29) is 17.4 Å². The number of nitriles is 18. The van der Waals surface area contributed by atoms with Crippen LogP contribution in [0, 0.1) is 184 Å². The molecule has 0 aromatic rings. The summed E-state index contributed by atoms with van der Waals surface area (Å²) in [5, 5.41) is 155. The Balaban J connectivity index is -0.000000240. The van der Waals surface area contributed by atoms with Crippen molar-refractivity contribution in [2.45, 2.75) is 0 Å². The molecule has 0 aliphatic carbocycles. The second-order valence-electron chi connectivity index (χ2n) is 5.77. The normalized spacial score (nSPS) is 13.1. The summed E-state index contributed by atoms with van der Waals surface area (Å²) in [6, 6.07) is 0. The fourth-order valence-electron chi connectivity index (χ4n) is 0.850. The van der Waals surface area contributed by atoms with E-state index in [1.807, 2.05) is 0 Å². The SMILES string of the molecule is N#[C][Mn-]([C]#N)([C]#N)([C]#N)([C]#N)[C]#N.N#[C][Mn-]([C]#N)([C]#N)([C]#N)([C]#N)[C]#N.N#[C][Mn-]([C]#N)([C]#N)([C]#N)([C]#N)[C]#N.[Cr+3]. The van der Waals surface area contributed by atoms with Crippen LogP contribution in [0.1, 0.15) is 0 Å². The van der Waals surface area contributed by atoms with Gasteiger partial charge in [-0.15, -0.1) is 0 Å². The molecule has 40 heavy (non-hydrogen) atoms. The first-order valence-electron chi connectivity index (χ1n) is 7.43. The van der Waals surface area contributed by atoms with Crippen LogP contribution in [0.25, 0.3) is 0 Å². The zero-order valence-corrected chi connectivity index (χ0v) is 23.4. The molecule has 18 nitrogen and oxygen atoms in total. The van der Waals surface area contributed by atoms with E-state index in [9.17, 15) is 0 Å². The first-order valence-corrected chi connectivity index (χ1v) is 18.1. The summed E-state index contributed by atoms with van der Waals surface area (Å²) in [5.41, 5.74) is 0. The van der Waals surface area contributed by atoms with Crippen molar-refractivity contribution in [3.8, 4) is 89.4 Å². The van der Waals surface area contributed by atoms with E-state index in [1.54, 1.807) is 0 Å². The maximum atomic E-state index is 8.58. The van der Waals surface area contributed by atoms with Crippen molar-refractivity contribution in [3.63, 3.8) is 0 Å². The molecular weight excluding hydrogens is 685 g/mol. The van der Waals surface area contributed by atoms with Crippen LogP contribution in [0.4, 0.5) is 0 Å². The van der Waals surface area contributed by atoms with Crippen molar-refractivity contribution in [1.82, 2.24) is 0 Å². The van der Waals surface area contributed by atoms with Crippen LogP contribution in [0.3, 0.4) is 0 Å². The number of nitrogens with zero attached hydrogens (tertiary/aromatic N) is 18. The maximum absolute atomic E-state index is 8.58. The Morgan fingerprint density at radius 3 is 0.225 bits per heavy atom. The maximum Gasteiger partial charge on any atom is 3.00 e. The monoisotopic (exact) mass is 685 g/mol. The molecule has 0 N–H and O–H groups in total. The predicted octanol–water partition coefficient (Wildman–Crippen LogP) is 0.292. The first kappa shape index (κ1) is 40.1. The molecule has 22 heteroatoms. The summed E-state index contributed by atoms with van der Waals surface area (Å²) in [5.74, 6) is 0. The van der Waals surface area contributed by atoms with Crippen LogP contribution >= 0.6 is 0 Å². The molecule has 0 bridgehead atoms. The molecule has 0 rings (SSSR count). The molecule has 0 spiro atoms. The van der Waals surface area contributed by atoms with E-state index < -0.39 is 32.2 Å². The van der Waals surface area contributed by atoms with Gasteiger partial charge >= 0.3 is 234 Å². The minimum absolute atomic E-state index is 0. The van der Waals surface area contributed by atoms with Gasteiger partial charge in [0.15, 0.2) is 0 Å². The third-order valence-electron chi connectivity index (χ3n) is 3.80. The summed E-state index contributed by atoms with van der Waals surface area (Å²) in [4.78, 5) is 18.7. The summed E-state index contributed by atoms with van der Waals surface area (Å²) in [6.07, 6.45) is 0. The van der Waals surface area contributed by atoms with Gasteiger partial charge in [-0.3, -0.25) is 0 Å². The summed E-state index contributed by atoms with van der Waals surface area (Å²) in [6.45, 7) is 0. The third kappa shape index (κ3) is 4.02. The molecule has 0 aromatic heterocycles. The molecule has 0 saturated carbocycles. The topological polar surface area (TPSA) is 428 Å². The Morgan fingerprint density at radius 1 is 0.175 bits per heavy atom. The Kier molecular flexibility index (Phi) is 9.78. The van der Waals surface area contributed by atoms with E-state index >= 15 is 0 Å². The van der Waals surface area contributed by atoms with Crippen LogP contribution in [0.2, 0.25) is 0 Å². The fraction of sp³-hybridized carbons (Fsp3) is 0. The zero-order valence-electron chi connectivity index (χ0n) is 18.6. The van der Waals surface area contributed by atoms with Gasteiger partial charge in [-0.1, -0.05) is 0 Å². The molecule has 0 fully saturated rings. The number of hydrogen-bond acceptors (Lipinski definition) is 18. The molecule has 1 radical (unpaired) electrons. The molecule has 0 saturated heterocycles. The first-order chi connectivity index (χ1) is 17.9. The van der Waals surface area contributed by atoms with Crippen LogP contribution in [-0.2, 0) is 49.6 Å². The van der Waals surface area contributed by atoms with Crippen LogP contribution < -0.4 is 0 Å². The standard InChI is InChI=1S/18CN.Cr.3Mn/c18*1-2;;;;/q;;;;;;;;;;;;;;;;;;+3;3*-1. The largest absolute Gasteiger partial charge is 3.00 e. The Labute approximate surface area is 232 Å². The smallest absolute Gasteiger partial charge is 3.00 e. The zero-order chi connectivity index (χ0) is 32.0. The van der Waals surface area contributed by atoms with Crippen LogP contribution in [0.15, 0.2) is 0 Å². The summed E-state index contributed by atoms with van der Waals surface area (Å²) >= 11 is 0. The molecular formula is C18CrMn3N18. The van der Waals surface area contributed by atoms with Gasteiger partial charge in [0, 0.05) is 0 Å². The van der Waals surface area contributed by atoms with E-state index in [2.05, 4.69) is 0 Å². The molecule has 0 aliphatic rings. The number of hydrogen-bond donors (Lipinski definition) is 0. The van der Waals surface area contributed by atoms with Crippen molar-refractivity contribution in [2.24, 2.45) is 0 Å². The van der Waals surface area contributed by atoms with Crippen molar-refractivity contribution in [1.29, 1.82) is 94.7 Å². The van der Waals surface area contributed by atoms with Gasteiger partial charge in [0.25, 0.3) is 0 Å².